The minimum atomic E-state index is 0.344. The molecule has 0 aliphatic rings. The predicted octanol–water partition coefficient (Wildman–Crippen LogP) is 0.496. The van der Waals surface area contributed by atoms with Crippen LogP contribution in [0.25, 0.3) is 0 Å². The van der Waals surface area contributed by atoms with E-state index in [1.165, 1.54) is 0 Å². The number of aromatic nitrogens is 3. The van der Waals surface area contributed by atoms with Crippen LogP contribution in [0.4, 0.5) is 11.9 Å². The summed E-state index contributed by atoms with van der Waals surface area (Å²) in [5.41, 5.74) is 5.49. The lowest BCUT2D eigenvalue weighted by Crippen LogP contribution is -2.31. The Kier molecular flexibility index (Phi) is 4.36. The highest BCUT2D eigenvalue weighted by molar-refractivity contribution is 5.33. The van der Waals surface area contributed by atoms with Crippen LogP contribution in [0.2, 0.25) is 0 Å². The van der Waals surface area contributed by atoms with Gasteiger partial charge in [-0.2, -0.15) is 4.98 Å². The number of hydrogen-bond acceptors (Lipinski definition) is 5. The minimum Gasteiger partial charge on any atom is -0.383 e. The van der Waals surface area contributed by atoms with E-state index in [9.17, 15) is 0 Å². The second kappa shape index (κ2) is 5.55. The molecule has 0 spiro atoms. The molecule has 1 rings (SSSR count). The van der Waals surface area contributed by atoms with Crippen LogP contribution in [0.15, 0.2) is 0 Å². The van der Waals surface area contributed by atoms with Crippen LogP contribution >= 0.6 is 0 Å². The molecule has 0 radical (unpaired) electrons. The van der Waals surface area contributed by atoms with E-state index in [1.807, 2.05) is 0 Å². The van der Waals surface area contributed by atoms with Gasteiger partial charge in [0, 0.05) is 20.2 Å². The third-order valence-electron chi connectivity index (χ3n) is 1.92. The van der Waals surface area contributed by atoms with Crippen molar-refractivity contribution in [3.63, 3.8) is 0 Å². The van der Waals surface area contributed by atoms with Crippen molar-refractivity contribution in [1.82, 2.24) is 15.2 Å². The summed E-state index contributed by atoms with van der Waals surface area (Å²) in [5.74, 6) is 1.52. The summed E-state index contributed by atoms with van der Waals surface area (Å²) >= 11 is 0. The minimum absolute atomic E-state index is 0.344. The molecular formula is C9H19N5O. The number of methoxy groups -OCH3 is 1. The number of nitrogen functional groups attached to an aromatic ring is 1. The maximum Gasteiger partial charge on any atom is 0.246 e. The van der Waals surface area contributed by atoms with E-state index in [0.717, 1.165) is 13.1 Å². The van der Waals surface area contributed by atoms with Gasteiger partial charge in [0.2, 0.25) is 11.9 Å². The summed E-state index contributed by atoms with van der Waals surface area (Å²) in [6, 6.07) is 0. The number of aromatic amines is 1. The summed E-state index contributed by atoms with van der Waals surface area (Å²) in [5, 5.41) is 6.66. The highest BCUT2D eigenvalue weighted by Crippen LogP contribution is 2.10. The molecule has 15 heavy (non-hydrogen) atoms. The predicted molar refractivity (Wildman–Crippen MR) is 59.7 cm³/mol. The third kappa shape index (κ3) is 3.75. The molecule has 1 aromatic rings. The molecule has 1 aromatic heterocycles. The van der Waals surface area contributed by atoms with Gasteiger partial charge in [0.05, 0.1) is 6.61 Å². The molecule has 6 nitrogen and oxygen atoms in total. The van der Waals surface area contributed by atoms with Crippen LogP contribution in [0.5, 0.6) is 0 Å². The maximum absolute atomic E-state index is 5.49. The number of nitrogens with one attached hydrogen (secondary N) is 1. The van der Waals surface area contributed by atoms with Gasteiger partial charge < -0.3 is 15.4 Å². The molecule has 0 unspecified atom stereocenters. The molecule has 0 amide bonds. The van der Waals surface area contributed by atoms with E-state index in [-0.39, 0.29) is 0 Å². The van der Waals surface area contributed by atoms with Crippen molar-refractivity contribution in [2.24, 2.45) is 5.92 Å². The molecule has 0 saturated carbocycles. The molecule has 1 heterocycles. The Hall–Kier alpha value is -1.30. The smallest absolute Gasteiger partial charge is 0.246 e. The lowest BCUT2D eigenvalue weighted by Gasteiger charge is -2.22. The fourth-order valence-electron chi connectivity index (χ4n) is 1.32. The van der Waals surface area contributed by atoms with E-state index in [1.54, 1.807) is 7.11 Å². The Morgan fingerprint density at radius 1 is 1.53 bits per heavy atom. The van der Waals surface area contributed by atoms with Crippen LogP contribution in [-0.2, 0) is 4.74 Å². The topological polar surface area (TPSA) is 80.1 Å². The SMILES string of the molecule is COCCN(CC(C)C)c1n[nH]c(N)n1. The van der Waals surface area contributed by atoms with Gasteiger partial charge in [-0.15, -0.1) is 5.10 Å². The molecule has 0 atom stereocenters. The first-order valence-electron chi connectivity index (χ1n) is 5.05. The van der Waals surface area contributed by atoms with Crippen molar-refractivity contribution in [3.05, 3.63) is 0 Å². The van der Waals surface area contributed by atoms with E-state index < -0.39 is 0 Å². The van der Waals surface area contributed by atoms with Gasteiger partial charge in [-0.05, 0) is 5.92 Å². The van der Waals surface area contributed by atoms with Gasteiger partial charge in [-0.1, -0.05) is 13.8 Å². The Labute approximate surface area is 89.8 Å². The first-order valence-corrected chi connectivity index (χ1v) is 5.05. The fraction of sp³-hybridized carbons (Fsp3) is 0.778. The Balaban J connectivity index is 2.62. The number of anilines is 2. The van der Waals surface area contributed by atoms with Crippen LogP contribution in [0, 0.1) is 5.92 Å². The normalized spacial score (nSPS) is 10.9. The lowest BCUT2D eigenvalue weighted by molar-refractivity contribution is 0.204. The molecule has 0 saturated heterocycles. The largest absolute Gasteiger partial charge is 0.383 e. The molecule has 0 aromatic carbocycles. The summed E-state index contributed by atoms with van der Waals surface area (Å²) in [4.78, 5) is 6.16. The quantitative estimate of drug-likeness (QED) is 0.719. The maximum atomic E-state index is 5.49. The molecule has 0 fully saturated rings. The van der Waals surface area contributed by atoms with Gasteiger partial charge in [0.1, 0.15) is 0 Å². The number of nitrogens with zero attached hydrogens (tertiary/aromatic N) is 3. The fourth-order valence-corrected chi connectivity index (χ4v) is 1.32. The first-order chi connectivity index (χ1) is 7.13. The third-order valence-corrected chi connectivity index (χ3v) is 1.92. The van der Waals surface area contributed by atoms with E-state index >= 15 is 0 Å². The van der Waals surface area contributed by atoms with Crippen molar-refractivity contribution in [3.8, 4) is 0 Å². The molecule has 86 valence electrons. The monoisotopic (exact) mass is 213 g/mol. The van der Waals surface area contributed by atoms with Crippen LogP contribution in [0.3, 0.4) is 0 Å². The van der Waals surface area contributed by atoms with E-state index in [2.05, 4.69) is 33.9 Å². The summed E-state index contributed by atoms with van der Waals surface area (Å²) < 4.78 is 5.04. The van der Waals surface area contributed by atoms with Crippen molar-refractivity contribution in [2.45, 2.75) is 13.8 Å². The number of hydrogen-bond donors (Lipinski definition) is 2. The van der Waals surface area contributed by atoms with Gasteiger partial charge in [-0.25, -0.2) is 5.10 Å². The van der Waals surface area contributed by atoms with Crippen LogP contribution in [0.1, 0.15) is 13.8 Å². The molecule has 0 aliphatic heterocycles. The lowest BCUT2D eigenvalue weighted by atomic mass is 10.2. The zero-order valence-electron chi connectivity index (χ0n) is 9.53. The van der Waals surface area contributed by atoms with Crippen LogP contribution in [-0.4, -0.2) is 42.0 Å². The van der Waals surface area contributed by atoms with Crippen LogP contribution < -0.4 is 10.6 Å². The summed E-state index contributed by atoms with van der Waals surface area (Å²) in [7, 11) is 1.68. The Bertz CT molecular complexity index is 286. The number of nitrogens with two attached hydrogens (primary N) is 1. The highest BCUT2D eigenvalue weighted by Gasteiger charge is 2.12. The summed E-state index contributed by atoms with van der Waals surface area (Å²) in [6.45, 7) is 6.61. The van der Waals surface area contributed by atoms with Crippen molar-refractivity contribution in [1.29, 1.82) is 0 Å². The van der Waals surface area contributed by atoms with E-state index in [0.29, 0.717) is 24.4 Å². The first kappa shape index (κ1) is 11.8. The highest BCUT2D eigenvalue weighted by atomic mass is 16.5. The van der Waals surface area contributed by atoms with E-state index in [4.69, 9.17) is 10.5 Å². The standard InChI is InChI=1S/C9H19N5O/c1-7(2)6-14(4-5-15-3)9-11-8(10)12-13-9/h7H,4-6H2,1-3H3,(H3,10,11,12,13). The second-order valence-electron chi connectivity index (χ2n) is 3.85. The average molecular weight is 213 g/mol. The zero-order chi connectivity index (χ0) is 11.3. The molecule has 6 heteroatoms. The number of ether oxygens (including phenoxy) is 1. The van der Waals surface area contributed by atoms with Gasteiger partial charge in [0.25, 0.3) is 0 Å². The zero-order valence-corrected chi connectivity index (χ0v) is 9.53. The summed E-state index contributed by atoms with van der Waals surface area (Å²) in [6.07, 6.45) is 0. The Morgan fingerprint density at radius 3 is 2.73 bits per heavy atom. The van der Waals surface area contributed by atoms with Gasteiger partial charge in [0.15, 0.2) is 0 Å². The number of H-pyrrole nitrogens is 1. The van der Waals surface area contributed by atoms with Crippen molar-refractivity contribution < 1.29 is 4.74 Å². The average Bonchev–Trinajstić information content (AvgIpc) is 2.58. The molecule has 0 aliphatic carbocycles. The van der Waals surface area contributed by atoms with Gasteiger partial charge in [-0.3, -0.25) is 0 Å². The van der Waals surface area contributed by atoms with Crippen molar-refractivity contribution in [2.75, 3.05) is 37.4 Å². The second-order valence-corrected chi connectivity index (χ2v) is 3.85. The Morgan fingerprint density at radius 2 is 2.27 bits per heavy atom. The van der Waals surface area contributed by atoms with Gasteiger partial charge >= 0.3 is 0 Å². The number of rotatable bonds is 6. The molecular weight excluding hydrogens is 194 g/mol. The van der Waals surface area contributed by atoms with Crippen molar-refractivity contribution >= 4 is 11.9 Å². The molecule has 3 N–H and O–H groups in total. The molecule has 0 bridgehead atoms.